The quantitative estimate of drug-likeness (QED) is 0.148. The summed E-state index contributed by atoms with van der Waals surface area (Å²) in [6.07, 6.45) is -14.6. The third-order valence-electron chi connectivity index (χ3n) is 7.36. The first-order valence-corrected chi connectivity index (χ1v) is 12.8. The van der Waals surface area contributed by atoms with Gasteiger partial charge in [0.25, 0.3) is 0 Å². The minimum Gasteiger partial charge on any atom is -0.507 e. The first kappa shape index (κ1) is 30.0. The molecular weight excluding hydrogens is 564 g/mol. The molecule has 1 aromatic heterocycles. The Labute approximate surface area is 236 Å². The second-order valence-corrected chi connectivity index (χ2v) is 10.0. The van der Waals surface area contributed by atoms with E-state index in [2.05, 4.69) is 0 Å². The minimum absolute atomic E-state index is 0.118. The Bertz CT molecular complexity index is 1510. The van der Waals surface area contributed by atoms with Crippen molar-refractivity contribution in [2.75, 3.05) is 20.3 Å². The second kappa shape index (κ2) is 11.6. The zero-order valence-corrected chi connectivity index (χ0v) is 22.0. The first-order chi connectivity index (χ1) is 20.0. The highest BCUT2D eigenvalue weighted by Gasteiger charge is 2.50. The van der Waals surface area contributed by atoms with Gasteiger partial charge >= 0.3 is 0 Å². The maximum atomic E-state index is 13.2. The molecule has 0 bridgehead atoms. The Morgan fingerprint density at radius 1 is 0.905 bits per heavy atom. The van der Waals surface area contributed by atoms with Gasteiger partial charge in [-0.15, -0.1) is 0 Å². The number of hydrogen-bond acceptors (Lipinski definition) is 15. The molecule has 0 radical (unpaired) electrons. The van der Waals surface area contributed by atoms with E-state index in [1.54, 1.807) is 0 Å². The summed E-state index contributed by atoms with van der Waals surface area (Å²) in [5.41, 5.74) is -1.02. The molecule has 0 unspecified atom stereocenters. The highest BCUT2D eigenvalue weighted by Crippen LogP contribution is 2.45. The Balaban J connectivity index is 1.70. The van der Waals surface area contributed by atoms with Crippen LogP contribution in [0.2, 0.25) is 0 Å². The van der Waals surface area contributed by atoms with E-state index in [0.29, 0.717) is 0 Å². The predicted molar refractivity (Wildman–Crippen MR) is 139 cm³/mol. The molecule has 5 rings (SSSR count). The van der Waals surface area contributed by atoms with Crippen LogP contribution in [0.4, 0.5) is 0 Å². The topological polar surface area (TPSA) is 249 Å². The number of aromatic hydroxyl groups is 3. The molecule has 2 fully saturated rings. The van der Waals surface area contributed by atoms with Crippen LogP contribution in [0, 0.1) is 0 Å². The summed E-state index contributed by atoms with van der Waals surface area (Å²) in [6.45, 7) is -1.21. The van der Waals surface area contributed by atoms with E-state index in [0.717, 1.165) is 24.3 Å². The molecule has 9 N–H and O–H groups in total. The minimum atomic E-state index is -1.82. The number of methoxy groups -OCH3 is 1. The molecule has 0 amide bonds. The van der Waals surface area contributed by atoms with Gasteiger partial charge in [0.1, 0.15) is 71.5 Å². The average molecular weight is 595 g/mol. The van der Waals surface area contributed by atoms with E-state index in [-0.39, 0.29) is 33.6 Å². The fraction of sp³-hybridized carbons (Fsp3) is 0.444. The fourth-order valence-corrected chi connectivity index (χ4v) is 5.10. The van der Waals surface area contributed by atoms with Gasteiger partial charge in [-0.2, -0.15) is 0 Å². The number of fused-ring (bicyclic) bond motifs is 1. The van der Waals surface area contributed by atoms with Gasteiger partial charge in [-0.1, -0.05) is 0 Å². The molecule has 3 heterocycles. The third kappa shape index (κ3) is 5.15. The van der Waals surface area contributed by atoms with Crippen molar-refractivity contribution in [3.63, 3.8) is 0 Å². The molecule has 0 saturated carbocycles. The van der Waals surface area contributed by atoms with E-state index in [4.69, 9.17) is 23.4 Å². The SMILES string of the molecule is COc1cc(O)c2c(=O)cc(-c3ccc(O)c(O)c3)oc2c1[C@@H]1O[C@H](CO)[C@@H](O)[C@H](O)[C@H]1O[C@@H]1OC[C@H](O)[C@H](O)[C@H]1O. The molecule has 15 heteroatoms. The molecule has 0 aliphatic carbocycles. The fourth-order valence-electron chi connectivity index (χ4n) is 5.10. The van der Waals surface area contributed by atoms with Crippen LogP contribution in [0.5, 0.6) is 23.0 Å². The normalized spacial score (nSPS) is 31.7. The monoisotopic (exact) mass is 594 g/mol. The lowest BCUT2D eigenvalue weighted by molar-refractivity contribution is -0.325. The van der Waals surface area contributed by atoms with Gasteiger partial charge < -0.3 is 69.3 Å². The standard InChI is InChI=1S/C27H30O15/c1-38-16-6-13(32)18-12(31)5-15(9-2-3-10(29)11(30)4-9)40-24(18)19(16)25-26(22(36)21(35)17(7-28)41-25)42-27-23(37)20(34)14(33)8-39-27/h2-6,14,17,20-23,25-30,32-37H,7-8H2,1H3/t14-,17+,20-,21+,22-,23+,25-,26+,27-/m0/s1. The van der Waals surface area contributed by atoms with Crippen molar-refractivity contribution >= 4 is 11.0 Å². The number of benzene rings is 2. The molecule has 3 aromatic rings. The molecule has 2 aromatic carbocycles. The van der Waals surface area contributed by atoms with Gasteiger partial charge in [-0.05, 0) is 18.2 Å². The molecule has 2 saturated heterocycles. The summed E-state index contributed by atoms with van der Waals surface area (Å²) < 4.78 is 28.5. The van der Waals surface area contributed by atoms with E-state index in [1.807, 2.05) is 0 Å². The van der Waals surface area contributed by atoms with Crippen LogP contribution in [-0.4, -0.2) is 115 Å². The number of aliphatic hydroxyl groups excluding tert-OH is 6. The van der Waals surface area contributed by atoms with Gasteiger partial charge in [0.2, 0.25) is 0 Å². The summed E-state index contributed by atoms with van der Waals surface area (Å²) in [4.78, 5) is 13.2. The van der Waals surface area contributed by atoms with Crippen molar-refractivity contribution in [3.8, 4) is 34.3 Å². The van der Waals surface area contributed by atoms with Crippen molar-refractivity contribution in [1.29, 1.82) is 0 Å². The zero-order valence-electron chi connectivity index (χ0n) is 22.0. The summed E-state index contributed by atoms with van der Waals surface area (Å²) in [6, 6.07) is 5.76. The molecule has 0 spiro atoms. The van der Waals surface area contributed by atoms with Gasteiger partial charge in [-0.3, -0.25) is 4.79 Å². The molecule has 42 heavy (non-hydrogen) atoms. The molecule has 2 aliphatic rings. The van der Waals surface area contributed by atoms with Crippen molar-refractivity contribution < 1.29 is 69.3 Å². The van der Waals surface area contributed by atoms with Crippen LogP contribution >= 0.6 is 0 Å². The van der Waals surface area contributed by atoms with Crippen molar-refractivity contribution in [2.24, 2.45) is 0 Å². The Hall–Kier alpha value is -3.51. The van der Waals surface area contributed by atoms with Crippen molar-refractivity contribution in [3.05, 3.63) is 46.1 Å². The Morgan fingerprint density at radius 2 is 1.64 bits per heavy atom. The predicted octanol–water partition coefficient (Wildman–Crippen LogP) is -1.44. The zero-order chi connectivity index (χ0) is 30.5. The highest BCUT2D eigenvalue weighted by molar-refractivity contribution is 5.89. The number of phenols is 3. The van der Waals surface area contributed by atoms with Crippen LogP contribution < -0.4 is 10.2 Å². The van der Waals surface area contributed by atoms with Gasteiger partial charge in [0, 0.05) is 17.7 Å². The molecule has 2 aliphatic heterocycles. The number of rotatable bonds is 6. The average Bonchev–Trinajstić information content (AvgIpc) is 2.96. The summed E-state index contributed by atoms with van der Waals surface area (Å²) in [5.74, 6) is -1.73. The molecule has 9 atom stereocenters. The van der Waals surface area contributed by atoms with Crippen LogP contribution in [0.15, 0.2) is 39.5 Å². The largest absolute Gasteiger partial charge is 0.507 e. The lowest BCUT2D eigenvalue weighted by atomic mass is 9.89. The van der Waals surface area contributed by atoms with E-state index in [1.165, 1.54) is 13.2 Å². The van der Waals surface area contributed by atoms with E-state index in [9.17, 15) is 50.8 Å². The third-order valence-corrected chi connectivity index (χ3v) is 7.36. The number of hydrogen-bond donors (Lipinski definition) is 9. The van der Waals surface area contributed by atoms with Gasteiger partial charge in [0.05, 0.1) is 25.9 Å². The lowest BCUT2D eigenvalue weighted by Crippen LogP contribution is -2.60. The van der Waals surface area contributed by atoms with Crippen LogP contribution in [0.1, 0.15) is 11.7 Å². The molecule has 228 valence electrons. The lowest BCUT2D eigenvalue weighted by Gasteiger charge is -2.45. The smallest absolute Gasteiger partial charge is 0.197 e. The number of ether oxygens (including phenoxy) is 4. The Morgan fingerprint density at radius 3 is 2.31 bits per heavy atom. The molecular formula is C27H30O15. The second-order valence-electron chi connectivity index (χ2n) is 10.0. The summed E-state index contributed by atoms with van der Waals surface area (Å²) in [7, 11) is 1.23. The van der Waals surface area contributed by atoms with Crippen LogP contribution in [0.3, 0.4) is 0 Å². The van der Waals surface area contributed by atoms with Gasteiger partial charge in [-0.25, -0.2) is 0 Å². The van der Waals surface area contributed by atoms with Crippen LogP contribution in [-0.2, 0) is 14.2 Å². The molecule has 15 nitrogen and oxygen atoms in total. The maximum Gasteiger partial charge on any atom is 0.197 e. The maximum absolute atomic E-state index is 13.2. The van der Waals surface area contributed by atoms with E-state index >= 15 is 0 Å². The summed E-state index contributed by atoms with van der Waals surface area (Å²) >= 11 is 0. The van der Waals surface area contributed by atoms with E-state index < -0.39 is 91.0 Å². The first-order valence-electron chi connectivity index (χ1n) is 12.8. The van der Waals surface area contributed by atoms with Crippen molar-refractivity contribution in [2.45, 2.75) is 55.1 Å². The Kier molecular flexibility index (Phi) is 8.30. The van der Waals surface area contributed by atoms with Crippen LogP contribution in [0.25, 0.3) is 22.3 Å². The summed E-state index contributed by atoms with van der Waals surface area (Å²) in [5, 5.41) is 92.0. The van der Waals surface area contributed by atoms with Gasteiger partial charge in [0.15, 0.2) is 28.8 Å². The number of phenolic OH excluding ortho intramolecular Hbond substituents is 3. The highest BCUT2D eigenvalue weighted by atomic mass is 16.7. The van der Waals surface area contributed by atoms with Crippen molar-refractivity contribution in [1.82, 2.24) is 0 Å². The number of aliphatic hydroxyl groups is 6.